The maximum atomic E-state index is 14.6. The Hall–Kier alpha value is -2.83. The van der Waals surface area contributed by atoms with Crippen LogP contribution in [0.3, 0.4) is 0 Å². The molecule has 0 unspecified atom stereocenters. The standard InChI is InChI=1S/C46H70N2O5/c1-29(2)32-18-23-46(40(52)47-28-30-12-14-31(15-13-30)48(10)11)25-24-44(8)33(39(32)46)16-17-35-43(7)21-20-36(42(5,6)34(43)19-22-45(35,44)9)53-38(51)27-41(3,4)26-37(49)50/h12-15,32-36,39H,1,16-28H2,2-11H3,(H,47,52)(H,49,50)/t32-,33+,34-,35+,36-,39+,43-,44+,45+,46-/m0/s1. The summed E-state index contributed by atoms with van der Waals surface area (Å²) >= 11 is 0. The Balaban J connectivity index is 1.22. The van der Waals surface area contributed by atoms with Gasteiger partial charge in [-0.05, 0) is 140 Å². The van der Waals surface area contributed by atoms with Crippen molar-refractivity contribution in [3.8, 4) is 0 Å². The summed E-state index contributed by atoms with van der Waals surface area (Å²) in [5, 5.41) is 12.8. The van der Waals surface area contributed by atoms with Crippen LogP contribution in [-0.2, 0) is 25.7 Å². The molecule has 53 heavy (non-hydrogen) atoms. The normalized spacial score (nSPS) is 38.7. The molecule has 1 aromatic carbocycles. The molecule has 0 aromatic heterocycles. The van der Waals surface area contributed by atoms with Gasteiger partial charge in [0, 0.05) is 31.7 Å². The zero-order valence-electron chi connectivity index (χ0n) is 34.7. The maximum Gasteiger partial charge on any atom is 0.306 e. The molecule has 1 amide bonds. The molecule has 294 valence electrons. The van der Waals surface area contributed by atoms with Gasteiger partial charge in [0.2, 0.25) is 5.91 Å². The van der Waals surface area contributed by atoms with Crippen molar-refractivity contribution in [1.29, 1.82) is 0 Å². The van der Waals surface area contributed by atoms with Crippen LogP contribution in [0.5, 0.6) is 0 Å². The minimum Gasteiger partial charge on any atom is -0.481 e. The quantitative estimate of drug-likeness (QED) is 0.184. The number of carbonyl (C=O) groups is 3. The molecule has 0 bridgehead atoms. The van der Waals surface area contributed by atoms with E-state index in [1.807, 2.05) is 27.9 Å². The number of allylic oxidation sites excluding steroid dienone is 1. The molecule has 5 saturated carbocycles. The van der Waals surface area contributed by atoms with E-state index in [1.54, 1.807) is 0 Å². The summed E-state index contributed by atoms with van der Waals surface area (Å²) in [6.07, 6.45) is 10.4. The average Bonchev–Trinajstić information content (AvgIpc) is 3.46. The molecule has 0 saturated heterocycles. The second kappa shape index (κ2) is 13.7. The predicted octanol–water partition coefficient (Wildman–Crippen LogP) is 9.83. The number of aliphatic carboxylic acids is 1. The SMILES string of the molecule is C=C(C)[C@@H]1CC[C@]2(C(=O)NCc3ccc(N(C)C)cc3)CC[C@]3(C)[C@H](CC[C@@H]4[C@@]5(C)CC[C@H](OC(=O)CC(C)(C)CC(=O)O)C(C)(C)[C@@H]5CC[C@]43C)[C@@H]12. The monoisotopic (exact) mass is 731 g/mol. The average molecular weight is 731 g/mol. The fourth-order valence-corrected chi connectivity index (χ4v) is 14.1. The number of hydrogen-bond acceptors (Lipinski definition) is 5. The number of benzene rings is 1. The van der Waals surface area contributed by atoms with E-state index < -0.39 is 11.4 Å². The molecule has 0 spiro atoms. The third kappa shape index (κ3) is 6.56. The largest absolute Gasteiger partial charge is 0.481 e. The van der Waals surface area contributed by atoms with Gasteiger partial charge in [0.25, 0.3) is 0 Å². The number of hydrogen-bond donors (Lipinski definition) is 2. The molecule has 6 rings (SSSR count). The number of fused-ring (bicyclic) bond motifs is 7. The van der Waals surface area contributed by atoms with Gasteiger partial charge in [-0.15, -0.1) is 0 Å². The molecule has 0 aliphatic heterocycles. The van der Waals surface area contributed by atoms with Crippen LogP contribution in [0, 0.1) is 62.1 Å². The summed E-state index contributed by atoms with van der Waals surface area (Å²) in [6.45, 7) is 23.4. The van der Waals surface area contributed by atoms with Crippen LogP contribution in [0.1, 0.15) is 138 Å². The summed E-state index contributed by atoms with van der Waals surface area (Å²) < 4.78 is 6.28. The number of ether oxygens (including phenoxy) is 1. The van der Waals surface area contributed by atoms with Crippen LogP contribution in [0.4, 0.5) is 5.69 Å². The number of nitrogens with one attached hydrogen (secondary N) is 1. The summed E-state index contributed by atoms with van der Waals surface area (Å²) in [5.74, 6) is 1.27. The molecule has 0 radical (unpaired) electrons. The first-order valence-corrected chi connectivity index (χ1v) is 20.7. The summed E-state index contributed by atoms with van der Waals surface area (Å²) in [7, 11) is 4.10. The van der Waals surface area contributed by atoms with Crippen LogP contribution in [-0.4, -0.2) is 43.2 Å². The van der Waals surface area contributed by atoms with Gasteiger partial charge in [-0.2, -0.15) is 0 Å². The van der Waals surface area contributed by atoms with Crippen molar-refractivity contribution in [2.45, 2.75) is 145 Å². The molecule has 7 nitrogen and oxygen atoms in total. The third-order valence-corrected chi connectivity index (χ3v) is 16.9. The lowest BCUT2D eigenvalue weighted by Gasteiger charge is -2.72. The summed E-state index contributed by atoms with van der Waals surface area (Å²) in [6, 6.07) is 8.52. The lowest BCUT2D eigenvalue weighted by Crippen LogP contribution is -2.67. The van der Waals surface area contributed by atoms with Crippen molar-refractivity contribution in [3.05, 3.63) is 42.0 Å². The highest BCUT2D eigenvalue weighted by molar-refractivity contribution is 5.84. The van der Waals surface area contributed by atoms with E-state index in [0.717, 1.165) is 69.0 Å². The molecule has 5 fully saturated rings. The minimum absolute atomic E-state index is 0.0533. The number of anilines is 1. The molecule has 0 heterocycles. The van der Waals surface area contributed by atoms with Gasteiger partial charge in [-0.3, -0.25) is 14.4 Å². The van der Waals surface area contributed by atoms with E-state index in [1.165, 1.54) is 12.0 Å². The second-order valence-electron chi connectivity index (χ2n) is 20.8. The van der Waals surface area contributed by atoms with Gasteiger partial charge in [0.1, 0.15) is 6.10 Å². The van der Waals surface area contributed by atoms with E-state index in [0.29, 0.717) is 36.1 Å². The van der Waals surface area contributed by atoms with Crippen LogP contribution in [0.2, 0.25) is 0 Å². The predicted molar refractivity (Wildman–Crippen MR) is 212 cm³/mol. The fraction of sp³-hybridized carbons (Fsp3) is 0.761. The highest BCUT2D eigenvalue weighted by Gasteiger charge is 2.72. The number of carbonyl (C=O) groups excluding carboxylic acids is 2. The number of rotatable bonds is 10. The molecular weight excluding hydrogens is 661 g/mol. The van der Waals surface area contributed by atoms with Crippen molar-refractivity contribution in [1.82, 2.24) is 5.32 Å². The first kappa shape index (κ1) is 39.9. The molecular formula is C46H70N2O5. The van der Waals surface area contributed by atoms with Gasteiger partial charge >= 0.3 is 11.9 Å². The third-order valence-electron chi connectivity index (χ3n) is 16.9. The molecule has 7 heteroatoms. The topological polar surface area (TPSA) is 95.9 Å². The Kier molecular flexibility index (Phi) is 10.3. The summed E-state index contributed by atoms with van der Waals surface area (Å²) in [4.78, 5) is 41.3. The van der Waals surface area contributed by atoms with Crippen molar-refractivity contribution in [3.63, 3.8) is 0 Å². The van der Waals surface area contributed by atoms with E-state index in [2.05, 4.69) is 82.6 Å². The lowest BCUT2D eigenvalue weighted by molar-refractivity contribution is -0.249. The number of carboxylic acid groups (broad SMARTS) is 1. The van der Waals surface area contributed by atoms with Gasteiger partial charge in [-0.1, -0.05) is 72.8 Å². The Morgan fingerprint density at radius 2 is 1.55 bits per heavy atom. The first-order chi connectivity index (χ1) is 24.6. The van der Waals surface area contributed by atoms with Gasteiger partial charge in [0.15, 0.2) is 0 Å². The number of amides is 1. The van der Waals surface area contributed by atoms with Crippen LogP contribution < -0.4 is 10.2 Å². The second-order valence-corrected chi connectivity index (χ2v) is 20.8. The first-order valence-electron chi connectivity index (χ1n) is 20.7. The van der Waals surface area contributed by atoms with Crippen molar-refractivity contribution in [2.24, 2.45) is 62.1 Å². The van der Waals surface area contributed by atoms with Crippen molar-refractivity contribution < 1.29 is 24.2 Å². The number of carboxylic acids is 1. The minimum atomic E-state index is -0.887. The molecule has 1 aromatic rings. The zero-order chi connectivity index (χ0) is 38.9. The van der Waals surface area contributed by atoms with Crippen LogP contribution in [0.15, 0.2) is 36.4 Å². The van der Waals surface area contributed by atoms with Gasteiger partial charge in [-0.25, -0.2) is 0 Å². The van der Waals surface area contributed by atoms with Gasteiger partial charge in [0.05, 0.1) is 18.3 Å². The highest BCUT2D eigenvalue weighted by Crippen LogP contribution is 2.77. The van der Waals surface area contributed by atoms with E-state index in [-0.39, 0.29) is 57.9 Å². The Bertz CT molecular complexity index is 1600. The molecule has 2 N–H and O–H groups in total. The zero-order valence-corrected chi connectivity index (χ0v) is 34.7. The molecule has 10 atom stereocenters. The van der Waals surface area contributed by atoms with Crippen LogP contribution >= 0.6 is 0 Å². The smallest absolute Gasteiger partial charge is 0.306 e. The van der Waals surface area contributed by atoms with Crippen molar-refractivity contribution in [2.75, 3.05) is 19.0 Å². The lowest BCUT2D eigenvalue weighted by atomic mass is 9.32. The maximum absolute atomic E-state index is 14.6. The Morgan fingerprint density at radius 1 is 0.868 bits per heavy atom. The van der Waals surface area contributed by atoms with E-state index in [9.17, 15) is 19.5 Å². The number of esters is 1. The molecule has 5 aliphatic rings. The van der Waals surface area contributed by atoms with Crippen molar-refractivity contribution >= 4 is 23.5 Å². The van der Waals surface area contributed by atoms with Crippen LogP contribution in [0.25, 0.3) is 0 Å². The summed E-state index contributed by atoms with van der Waals surface area (Å²) in [5.41, 5.74) is 2.79. The Labute approximate surface area is 320 Å². The van der Waals surface area contributed by atoms with E-state index >= 15 is 0 Å². The highest BCUT2D eigenvalue weighted by atomic mass is 16.5. The van der Waals surface area contributed by atoms with E-state index in [4.69, 9.17) is 4.74 Å². The molecule has 5 aliphatic carbocycles. The number of nitrogens with zero attached hydrogens (tertiary/aromatic N) is 1. The fourth-order valence-electron chi connectivity index (χ4n) is 14.1. The van der Waals surface area contributed by atoms with Gasteiger partial charge < -0.3 is 20.1 Å². The Morgan fingerprint density at radius 3 is 2.17 bits per heavy atom.